The van der Waals surface area contributed by atoms with Gasteiger partial charge in [-0.05, 0) is 11.6 Å². The fourth-order valence-electron chi connectivity index (χ4n) is 2.06. The molecular weight excluding hydrogens is 240 g/mol. The average molecular weight is 256 g/mol. The second-order valence-electron chi connectivity index (χ2n) is 4.20. The predicted octanol–water partition coefficient (Wildman–Crippen LogP) is 0.519. The number of hydrogen-bond acceptors (Lipinski definition) is 5. The van der Waals surface area contributed by atoms with E-state index in [9.17, 15) is 10.2 Å². The van der Waals surface area contributed by atoms with E-state index in [-0.39, 0.29) is 12.7 Å². The Morgan fingerprint density at radius 2 is 2.00 bits per heavy atom. The average Bonchev–Trinajstić information content (AvgIpc) is 2.33. The van der Waals surface area contributed by atoms with Crippen LogP contribution in [0.1, 0.15) is 18.1 Å². The van der Waals surface area contributed by atoms with Gasteiger partial charge in [-0.15, -0.1) is 12.6 Å². The zero-order valence-electron chi connectivity index (χ0n) is 9.23. The number of ether oxygens (including phenoxy) is 1. The topological polar surface area (TPSA) is 69.9 Å². The van der Waals surface area contributed by atoms with Crippen LogP contribution in [0.5, 0.6) is 0 Å². The molecule has 0 unspecified atom stereocenters. The van der Waals surface area contributed by atoms with Gasteiger partial charge in [0, 0.05) is 11.3 Å². The van der Waals surface area contributed by atoms with E-state index in [1.165, 1.54) is 0 Å². The summed E-state index contributed by atoms with van der Waals surface area (Å²) >= 11 is 4.33. The van der Waals surface area contributed by atoms with E-state index in [4.69, 9.17) is 9.84 Å². The van der Waals surface area contributed by atoms with Gasteiger partial charge in [-0.25, -0.2) is 0 Å². The summed E-state index contributed by atoms with van der Waals surface area (Å²) in [4.78, 5) is 0.776. The molecule has 1 aliphatic rings. The molecule has 4 atom stereocenters. The van der Waals surface area contributed by atoms with Crippen molar-refractivity contribution in [2.45, 2.75) is 35.7 Å². The van der Waals surface area contributed by atoms with Gasteiger partial charge >= 0.3 is 0 Å². The molecule has 0 spiro atoms. The quantitative estimate of drug-likeness (QED) is 0.582. The Hall–Kier alpha value is -0.590. The summed E-state index contributed by atoms with van der Waals surface area (Å²) in [6, 6.07) is 7.44. The van der Waals surface area contributed by atoms with Crippen molar-refractivity contribution in [2.24, 2.45) is 0 Å². The number of rotatable bonds is 2. The standard InChI is InChI=1S/C12H16O4S/c13-6-10-12(15)8(14)5-9(16-10)7-3-1-2-4-11(7)17/h1-4,8-10,12-15,17H,5-6H2/t8-,9+,10-,12+/m0/s1. The molecule has 0 radical (unpaired) electrons. The third-order valence-corrected chi connectivity index (χ3v) is 3.44. The molecule has 1 aromatic rings. The monoisotopic (exact) mass is 256 g/mol. The van der Waals surface area contributed by atoms with Crippen LogP contribution < -0.4 is 0 Å². The van der Waals surface area contributed by atoms with E-state index in [0.717, 1.165) is 10.5 Å². The maximum atomic E-state index is 9.74. The number of thiol groups is 1. The Labute approximate surface area is 105 Å². The summed E-state index contributed by atoms with van der Waals surface area (Å²) in [5, 5.41) is 28.5. The molecule has 1 saturated heterocycles. The van der Waals surface area contributed by atoms with Gasteiger partial charge in [0.1, 0.15) is 12.2 Å². The summed E-state index contributed by atoms with van der Waals surface area (Å²) in [6.07, 6.45) is -2.73. The van der Waals surface area contributed by atoms with Crippen molar-refractivity contribution < 1.29 is 20.1 Å². The van der Waals surface area contributed by atoms with Crippen molar-refractivity contribution in [2.75, 3.05) is 6.61 Å². The van der Waals surface area contributed by atoms with Crippen LogP contribution >= 0.6 is 12.6 Å². The first-order chi connectivity index (χ1) is 8.13. The highest BCUT2D eigenvalue weighted by molar-refractivity contribution is 7.80. The molecule has 1 aliphatic heterocycles. The Morgan fingerprint density at radius 1 is 1.29 bits per heavy atom. The summed E-state index contributed by atoms with van der Waals surface area (Å²) < 4.78 is 5.58. The van der Waals surface area contributed by atoms with Crippen molar-refractivity contribution in [3.05, 3.63) is 29.8 Å². The summed E-state index contributed by atoms with van der Waals surface area (Å²) in [5.41, 5.74) is 0.861. The van der Waals surface area contributed by atoms with Gasteiger partial charge in [0.2, 0.25) is 0 Å². The van der Waals surface area contributed by atoms with E-state index in [0.29, 0.717) is 6.42 Å². The first kappa shape index (κ1) is 12.9. The smallest absolute Gasteiger partial charge is 0.110 e. The Balaban J connectivity index is 2.20. The minimum absolute atomic E-state index is 0.301. The van der Waals surface area contributed by atoms with Gasteiger partial charge in [0.25, 0.3) is 0 Å². The molecule has 0 bridgehead atoms. The van der Waals surface area contributed by atoms with Gasteiger partial charge in [-0.1, -0.05) is 18.2 Å². The maximum absolute atomic E-state index is 9.74. The predicted molar refractivity (Wildman–Crippen MR) is 65.0 cm³/mol. The molecule has 0 aliphatic carbocycles. The van der Waals surface area contributed by atoms with E-state index in [2.05, 4.69) is 12.6 Å². The Bertz CT molecular complexity index is 385. The molecule has 5 heteroatoms. The molecule has 17 heavy (non-hydrogen) atoms. The second-order valence-corrected chi connectivity index (χ2v) is 4.68. The molecule has 1 fully saturated rings. The van der Waals surface area contributed by atoms with Crippen LogP contribution in [-0.4, -0.2) is 40.2 Å². The molecule has 4 nitrogen and oxygen atoms in total. The highest BCUT2D eigenvalue weighted by Crippen LogP contribution is 2.34. The lowest BCUT2D eigenvalue weighted by Gasteiger charge is -2.36. The summed E-state index contributed by atoms with van der Waals surface area (Å²) in [5.74, 6) is 0. The lowest BCUT2D eigenvalue weighted by atomic mass is 9.94. The summed E-state index contributed by atoms with van der Waals surface area (Å²) in [7, 11) is 0. The van der Waals surface area contributed by atoms with Crippen LogP contribution in [0.2, 0.25) is 0 Å². The van der Waals surface area contributed by atoms with Gasteiger partial charge in [0.05, 0.1) is 18.8 Å². The van der Waals surface area contributed by atoms with Crippen molar-refractivity contribution >= 4 is 12.6 Å². The Kier molecular flexibility index (Phi) is 4.06. The van der Waals surface area contributed by atoms with Crippen LogP contribution in [0.3, 0.4) is 0 Å². The zero-order chi connectivity index (χ0) is 12.4. The lowest BCUT2D eigenvalue weighted by Crippen LogP contribution is -2.47. The molecule has 1 aromatic carbocycles. The molecule has 0 amide bonds. The minimum atomic E-state index is -1.04. The van der Waals surface area contributed by atoms with Crippen molar-refractivity contribution in [1.29, 1.82) is 0 Å². The van der Waals surface area contributed by atoms with Crippen LogP contribution in [0.25, 0.3) is 0 Å². The fraction of sp³-hybridized carbons (Fsp3) is 0.500. The first-order valence-corrected chi connectivity index (χ1v) is 5.98. The van der Waals surface area contributed by atoms with Gasteiger partial charge in [-0.3, -0.25) is 0 Å². The van der Waals surface area contributed by atoms with Gasteiger partial charge in [-0.2, -0.15) is 0 Å². The molecule has 3 N–H and O–H groups in total. The van der Waals surface area contributed by atoms with E-state index < -0.39 is 18.3 Å². The number of aliphatic hydroxyl groups is 3. The molecular formula is C12H16O4S. The first-order valence-electron chi connectivity index (χ1n) is 5.54. The second kappa shape index (κ2) is 5.37. The van der Waals surface area contributed by atoms with Crippen LogP contribution in [0.15, 0.2) is 29.2 Å². The third kappa shape index (κ3) is 2.64. The number of aliphatic hydroxyl groups excluding tert-OH is 3. The van der Waals surface area contributed by atoms with Crippen molar-refractivity contribution in [3.8, 4) is 0 Å². The minimum Gasteiger partial charge on any atom is -0.394 e. The molecule has 2 rings (SSSR count). The van der Waals surface area contributed by atoms with Gasteiger partial charge in [0.15, 0.2) is 0 Å². The van der Waals surface area contributed by atoms with Gasteiger partial charge < -0.3 is 20.1 Å². The zero-order valence-corrected chi connectivity index (χ0v) is 10.1. The SMILES string of the molecule is OC[C@@H]1O[C@@H](c2ccccc2S)C[C@H](O)[C@H]1O. The fourth-order valence-corrected chi connectivity index (χ4v) is 2.37. The largest absolute Gasteiger partial charge is 0.394 e. The van der Waals surface area contributed by atoms with Crippen molar-refractivity contribution in [3.63, 3.8) is 0 Å². The lowest BCUT2D eigenvalue weighted by molar-refractivity contribution is -0.182. The highest BCUT2D eigenvalue weighted by Gasteiger charge is 2.37. The van der Waals surface area contributed by atoms with E-state index in [1.807, 2.05) is 24.3 Å². The normalized spacial score (nSPS) is 33.6. The molecule has 94 valence electrons. The van der Waals surface area contributed by atoms with Crippen LogP contribution in [0.4, 0.5) is 0 Å². The number of benzene rings is 1. The third-order valence-electron chi connectivity index (χ3n) is 3.03. The van der Waals surface area contributed by atoms with Crippen LogP contribution in [-0.2, 0) is 4.74 Å². The summed E-state index contributed by atoms with van der Waals surface area (Å²) in [6.45, 7) is -0.316. The molecule has 1 heterocycles. The van der Waals surface area contributed by atoms with E-state index in [1.54, 1.807) is 0 Å². The molecule has 0 aromatic heterocycles. The Morgan fingerprint density at radius 3 is 2.65 bits per heavy atom. The maximum Gasteiger partial charge on any atom is 0.110 e. The van der Waals surface area contributed by atoms with Crippen LogP contribution in [0, 0.1) is 0 Å². The van der Waals surface area contributed by atoms with E-state index >= 15 is 0 Å². The van der Waals surface area contributed by atoms with Crippen molar-refractivity contribution in [1.82, 2.24) is 0 Å². The highest BCUT2D eigenvalue weighted by atomic mass is 32.1. The molecule has 0 saturated carbocycles. The number of hydrogen-bond donors (Lipinski definition) is 4.